The Labute approximate surface area is 128 Å². The fourth-order valence-electron chi connectivity index (χ4n) is 2.47. The van der Waals surface area contributed by atoms with Crippen LogP contribution in [0.4, 0.5) is 4.79 Å². The lowest BCUT2D eigenvalue weighted by molar-refractivity contribution is 0.0697. The number of rotatable bonds is 5. The molecule has 2 unspecified atom stereocenters. The molecule has 0 bridgehead atoms. The predicted octanol–water partition coefficient (Wildman–Crippen LogP) is 2.47. The molecule has 114 valence electrons. The standard InChI is InChI=1S/C15H20N2O3S/c1-21-13-7-6-12(8-13)17-15(20)16-9-10-2-4-11(5-3-10)14(18)19/h2-5,12-13H,6-9H2,1H3,(H,18,19)(H2,16,17,20). The van der Waals surface area contributed by atoms with Crippen molar-refractivity contribution in [3.05, 3.63) is 35.4 Å². The van der Waals surface area contributed by atoms with E-state index in [1.807, 2.05) is 11.8 Å². The smallest absolute Gasteiger partial charge is 0.335 e. The van der Waals surface area contributed by atoms with E-state index in [0.29, 0.717) is 11.8 Å². The van der Waals surface area contributed by atoms with E-state index in [4.69, 9.17) is 5.11 Å². The highest BCUT2D eigenvalue weighted by atomic mass is 32.2. The van der Waals surface area contributed by atoms with Gasteiger partial charge in [0, 0.05) is 17.8 Å². The molecule has 2 atom stereocenters. The first-order valence-corrected chi connectivity index (χ1v) is 8.26. The van der Waals surface area contributed by atoms with Gasteiger partial charge in [0.25, 0.3) is 0 Å². The Kier molecular flexibility index (Phi) is 5.50. The minimum absolute atomic E-state index is 0.163. The second kappa shape index (κ2) is 7.36. The van der Waals surface area contributed by atoms with E-state index < -0.39 is 5.97 Å². The number of nitrogens with one attached hydrogen (secondary N) is 2. The first kappa shape index (κ1) is 15.7. The summed E-state index contributed by atoms with van der Waals surface area (Å²) in [6, 6.07) is 6.60. The van der Waals surface area contributed by atoms with Gasteiger partial charge >= 0.3 is 12.0 Å². The lowest BCUT2D eigenvalue weighted by Gasteiger charge is -2.13. The molecule has 1 aromatic rings. The molecule has 5 nitrogen and oxygen atoms in total. The summed E-state index contributed by atoms with van der Waals surface area (Å²) in [6.07, 6.45) is 5.32. The van der Waals surface area contributed by atoms with E-state index in [1.54, 1.807) is 12.1 Å². The Morgan fingerprint density at radius 1 is 1.29 bits per heavy atom. The molecule has 6 heteroatoms. The molecule has 2 rings (SSSR count). The average Bonchev–Trinajstić information content (AvgIpc) is 2.93. The summed E-state index contributed by atoms with van der Waals surface area (Å²) in [5.74, 6) is -0.947. The number of benzene rings is 1. The van der Waals surface area contributed by atoms with Crippen molar-refractivity contribution in [3.8, 4) is 0 Å². The quantitative estimate of drug-likeness (QED) is 0.781. The fraction of sp³-hybridized carbons (Fsp3) is 0.467. The summed E-state index contributed by atoms with van der Waals surface area (Å²) < 4.78 is 0. The van der Waals surface area contributed by atoms with Crippen LogP contribution in [-0.2, 0) is 6.54 Å². The molecule has 0 heterocycles. The Bertz CT molecular complexity index is 504. The second-order valence-corrected chi connectivity index (χ2v) is 6.33. The van der Waals surface area contributed by atoms with Crippen LogP contribution in [0, 0.1) is 0 Å². The van der Waals surface area contributed by atoms with Gasteiger partial charge in [-0.15, -0.1) is 0 Å². The maximum atomic E-state index is 11.8. The molecule has 21 heavy (non-hydrogen) atoms. The van der Waals surface area contributed by atoms with Crippen LogP contribution in [0.2, 0.25) is 0 Å². The Morgan fingerprint density at radius 2 is 2.00 bits per heavy atom. The van der Waals surface area contributed by atoms with Crippen molar-refractivity contribution >= 4 is 23.8 Å². The summed E-state index contributed by atoms with van der Waals surface area (Å²) in [5.41, 5.74) is 1.13. The highest BCUT2D eigenvalue weighted by Gasteiger charge is 2.24. The van der Waals surface area contributed by atoms with E-state index in [2.05, 4.69) is 16.9 Å². The van der Waals surface area contributed by atoms with Crippen LogP contribution in [0.5, 0.6) is 0 Å². The molecule has 1 saturated carbocycles. The molecule has 1 fully saturated rings. The van der Waals surface area contributed by atoms with Crippen LogP contribution < -0.4 is 10.6 Å². The average molecular weight is 308 g/mol. The molecule has 2 amide bonds. The molecule has 1 aliphatic rings. The molecular weight excluding hydrogens is 288 g/mol. The lowest BCUT2D eigenvalue weighted by atomic mass is 10.1. The van der Waals surface area contributed by atoms with Crippen molar-refractivity contribution in [1.82, 2.24) is 10.6 Å². The van der Waals surface area contributed by atoms with Gasteiger partial charge in [-0.25, -0.2) is 9.59 Å². The number of hydrogen-bond donors (Lipinski definition) is 3. The highest BCUT2D eigenvalue weighted by molar-refractivity contribution is 7.99. The first-order chi connectivity index (χ1) is 10.1. The van der Waals surface area contributed by atoms with Crippen molar-refractivity contribution in [3.63, 3.8) is 0 Å². The molecule has 1 aromatic carbocycles. The van der Waals surface area contributed by atoms with Crippen LogP contribution in [0.15, 0.2) is 24.3 Å². The summed E-state index contributed by atoms with van der Waals surface area (Å²) in [5, 5.41) is 15.3. The fourth-order valence-corrected chi connectivity index (χ4v) is 3.27. The zero-order chi connectivity index (χ0) is 15.2. The highest BCUT2D eigenvalue weighted by Crippen LogP contribution is 2.27. The zero-order valence-electron chi connectivity index (χ0n) is 12.0. The van der Waals surface area contributed by atoms with Crippen molar-refractivity contribution in [2.45, 2.75) is 37.1 Å². The van der Waals surface area contributed by atoms with Gasteiger partial charge < -0.3 is 15.7 Å². The van der Waals surface area contributed by atoms with Gasteiger partial charge in [0.05, 0.1) is 5.56 Å². The monoisotopic (exact) mass is 308 g/mol. The van der Waals surface area contributed by atoms with Crippen molar-refractivity contribution in [2.24, 2.45) is 0 Å². The van der Waals surface area contributed by atoms with Crippen molar-refractivity contribution in [2.75, 3.05) is 6.26 Å². The van der Waals surface area contributed by atoms with E-state index >= 15 is 0 Å². The Morgan fingerprint density at radius 3 is 2.57 bits per heavy atom. The number of hydrogen-bond acceptors (Lipinski definition) is 3. The van der Waals surface area contributed by atoms with Gasteiger partial charge in [-0.3, -0.25) is 0 Å². The molecule has 0 radical (unpaired) electrons. The number of carboxylic acid groups (broad SMARTS) is 1. The zero-order valence-corrected chi connectivity index (χ0v) is 12.8. The van der Waals surface area contributed by atoms with Crippen LogP contribution in [-0.4, -0.2) is 34.7 Å². The summed E-state index contributed by atoms with van der Waals surface area (Å²) >= 11 is 1.86. The maximum absolute atomic E-state index is 11.8. The molecular formula is C15H20N2O3S. The van der Waals surface area contributed by atoms with E-state index in [1.165, 1.54) is 12.1 Å². The molecule has 0 spiro atoms. The molecule has 0 aliphatic heterocycles. The lowest BCUT2D eigenvalue weighted by Crippen LogP contribution is -2.40. The third kappa shape index (κ3) is 4.67. The number of thioether (sulfide) groups is 1. The third-order valence-corrected chi connectivity index (χ3v) is 4.80. The predicted molar refractivity (Wildman–Crippen MR) is 83.7 cm³/mol. The molecule has 1 aliphatic carbocycles. The SMILES string of the molecule is CSC1CCC(NC(=O)NCc2ccc(C(=O)O)cc2)C1. The maximum Gasteiger partial charge on any atom is 0.335 e. The summed E-state index contributed by atoms with van der Waals surface area (Å²) in [6.45, 7) is 0.393. The summed E-state index contributed by atoms with van der Waals surface area (Å²) in [4.78, 5) is 22.6. The Hall–Kier alpha value is -1.69. The normalized spacial score (nSPS) is 21.0. The topological polar surface area (TPSA) is 78.4 Å². The van der Waals surface area contributed by atoms with Crippen molar-refractivity contribution < 1.29 is 14.7 Å². The van der Waals surface area contributed by atoms with E-state index in [9.17, 15) is 9.59 Å². The van der Waals surface area contributed by atoms with Gasteiger partial charge in [0.2, 0.25) is 0 Å². The second-order valence-electron chi connectivity index (χ2n) is 5.20. The van der Waals surface area contributed by atoms with Crippen LogP contribution >= 0.6 is 11.8 Å². The number of carbonyl (C=O) groups is 2. The van der Waals surface area contributed by atoms with Crippen LogP contribution in [0.3, 0.4) is 0 Å². The molecule has 0 aromatic heterocycles. The third-order valence-electron chi connectivity index (χ3n) is 3.71. The summed E-state index contributed by atoms with van der Waals surface area (Å²) in [7, 11) is 0. The van der Waals surface area contributed by atoms with Crippen LogP contribution in [0.1, 0.15) is 35.2 Å². The van der Waals surface area contributed by atoms with E-state index in [-0.39, 0.29) is 17.6 Å². The Balaban J connectivity index is 1.75. The van der Waals surface area contributed by atoms with Crippen LogP contribution in [0.25, 0.3) is 0 Å². The first-order valence-electron chi connectivity index (χ1n) is 6.98. The van der Waals surface area contributed by atoms with E-state index in [0.717, 1.165) is 24.8 Å². The van der Waals surface area contributed by atoms with Gasteiger partial charge in [0.15, 0.2) is 0 Å². The minimum atomic E-state index is -0.947. The number of aromatic carboxylic acids is 1. The molecule has 0 saturated heterocycles. The van der Waals surface area contributed by atoms with Crippen molar-refractivity contribution in [1.29, 1.82) is 0 Å². The number of amides is 2. The van der Waals surface area contributed by atoms with Gasteiger partial charge in [-0.05, 0) is 43.2 Å². The van der Waals surface area contributed by atoms with Gasteiger partial charge in [-0.2, -0.15) is 11.8 Å². The number of carbonyl (C=O) groups excluding carboxylic acids is 1. The number of urea groups is 1. The van der Waals surface area contributed by atoms with Gasteiger partial charge in [-0.1, -0.05) is 12.1 Å². The largest absolute Gasteiger partial charge is 0.478 e. The van der Waals surface area contributed by atoms with Gasteiger partial charge in [0.1, 0.15) is 0 Å². The molecule has 3 N–H and O–H groups in total. The minimum Gasteiger partial charge on any atom is -0.478 e. The number of carboxylic acids is 1.